The topological polar surface area (TPSA) is 49.3 Å². The van der Waals surface area contributed by atoms with Crippen molar-refractivity contribution in [1.29, 1.82) is 0 Å². The van der Waals surface area contributed by atoms with Gasteiger partial charge in [-0.2, -0.15) is 0 Å². The normalized spacial score (nSPS) is 10.2. The van der Waals surface area contributed by atoms with Crippen molar-refractivity contribution < 1.29 is 9.90 Å². The van der Waals surface area contributed by atoms with Gasteiger partial charge in [-0.25, -0.2) is 4.79 Å². The van der Waals surface area contributed by atoms with E-state index in [9.17, 15) is 4.79 Å². The Kier molecular flexibility index (Phi) is 11.9. The van der Waals surface area contributed by atoms with Crippen LogP contribution in [0.25, 0.3) is 0 Å². The highest BCUT2D eigenvalue weighted by Crippen LogP contribution is 2.01. The lowest BCUT2D eigenvalue weighted by Crippen LogP contribution is -2.23. The highest BCUT2D eigenvalue weighted by molar-refractivity contribution is 5.85. The summed E-state index contributed by atoms with van der Waals surface area (Å²) in [5, 5.41) is 10.8. The number of hydrogen-bond acceptors (Lipinski definition) is 2. The number of carbonyl (C=O) groups is 1. The van der Waals surface area contributed by atoms with Crippen molar-refractivity contribution in [3.8, 4) is 0 Å². The molecule has 0 aliphatic rings. The standard InChI is InChI=1S/C10H15N.C3H4O2.ClH/c1-9(11-2)8-10-6-4-3-5-7-10;1-2-3(4)5;/h3-7,9,11H,8H2,1-2H3;2H,1H2,(H,4,5);1H/t9-;;/m0../s1. The molecule has 3 nitrogen and oxygen atoms in total. The minimum absolute atomic E-state index is 0. The molecule has 0 saturated carbocycles. The summed E-state index contributed by atoms with van der Waals surface area (Å²) in [5.41, 5.74) is 1.40. The molecule has 0 aliphatic carbocycles. The lowest BCUT2D eigenvalue weighted by atomic mass is 10.1. The molecule has 0 radical (unpaired) electrons. The van der Waals surface area contributed by atoms with Gasteiger partial charge < -0.3 is 10.4 Å². The summed E-state index contributed by atoms with van der Waals surface area (Å²) in [5.74, 6) is -0.981. The predicted octanol–water partition coefficient (Wildman–Crippen LogP) is 2.52. The number of rotatable bonds is 4. The average Bonchev–Trinajstić information content (AvgIpc) is 2.31. The Morgan fingerprint density at radius 2 is 1.94 bits per heavy atom. The maximum Gasteiger partial charge on any atom is 0.327 e. The molecule has 0 fully saturated rings. The summed E-state index contributed by atoms with van der Waals surface area (Å²) in [6, 6.07) is 11.1. The minimum Gasteiger partial charge on any atom is -0.478 e. The Balaban J connectivity index is 0. The zero-order chi connectivity index (χ0) is 12.4. The summed E-state index contributed by atoms with van der Waals surface area (Å²) in [4.78, 5) is 9.25. The van der Waals surface area contributed by atoms with Crippen molar-refractivity contribution in [3.63, 3.8) is 0 Å². The molecule has 0 bridgehead atoms. The molecule has 0 spiro atoms. The largest absolute Gasteiger partial charge is 0.478 e. The number of aliphatic carboxylic acids is 1. The van der Waals surface area contributed by atoms with E-state index in [0.717, 1.165) is 12.5 Å². The van der Waals surface area contributed by atoms with E-state index in [4.69, 9.17) is 5.11 Å². The van der Waals surface area contributed by atoms with E-state index >= 15 is 0 Å². The smallest absolute Gasteiger partial charge is 0.327 e. The van der Waals surface area contributed by atoms with Gasteiger partial charge in [-0.1, -0.05) is 36.9 Å². The SMILES string of the molecule is C=CC(=O)O.CN[C@@H](C)Cc1ccccc1.Cl. The van der Waals surface area contributed by atoms with Gasteiger partial charge in [0.25, 0.3) is 0 Å². The van der Waals surface area contributed by atoms with Gasteiger partial charge >= 0.3 is 5.97 Å². The van der Waals surface area contributed by atoms with Crippen LogP contribution in [0, 0.1) is 0 Å². The highest BCUT2D eigenvalue weighted by Gasteiger charge is 1.97. The Bertz CT molecular complexity index is 314. The first-order valence-electron chi connectivity index (χ1n) is 5.16. The lowest BCUT2D eigenvalue weighted by Gasteiger charge is -2.08. The van der Waals surface area contributed by atoms with Crippen molar-refractivity contribution in [2.75, 3.05) is 7.05 Å². The molecule has 96 valence electrons. The monoisotopic (exact) mass is 257 g/mol. The summed E-state index contributed by atoms with van der Waals surface area (Å²) in [6.07, 6.45) is 1.94. The maximum absolute atomic E-state index is 9.25. The summed E-state index contributed by atoms with van der Waals surface area (Å²) >= 11 is 0. The van der Waals surface area contributed by atoms with Crippen LogP contribution in [0.1, 0.15) is 12.5 Å². The molecule has 0 amide bonds. The molecule has 0 aliphatic heterocycles. The van der Waals surface area contributed by atoms with Gasteiger partial charge in [-0.15, -0.1) is 12.4 Å². The van der Waals surface area contributed by atoms with Gasteiger partial charge in [-0.3, -0.25) is 0 Å². The van der Waals surface area contributed by atoms with E-state index in [1.165, 1.54) is 5.56 Å². The Morgan fingerprint density at radius 1 is 1.47 bits per heavy atom. The highest BCUT2D eigenvalue weighted by atomic mass is 35.5. The Labute approximate surface area is 109 Å². The van der Waals surface area contributed by atoms with E-state index in [0.29, 0.717) is 6.04 Å². The number of carboxylic acid groups (broad SMARTS) is 1. The van der Waals surface area contributed by atoms with Crippen LogP contribution in [0.2, 0.25) is 0 Å². The molecular weight excluding hydrogens is 238 g/mol. The van der Waals surface area contributed by atoms with Gasteiger partial charge in [0, 0.05) is 12.1 Å². The molecule has 0 heterocycles. The van der Waals surface area contributed by atoms with Crippen molar-refractivity contribution in [2.24, 2.45) is 0 Å². The molecule has 2 N–H and O–H groups in total. The van der Waals surface area contributed by atoms with Crippen molar-refractivity contribution in [1.82, 2.24) is 5.32 Å². The molecule has 0 aromatic heterocycles. The molecule has 0 saturated heterocycles. The molecular formula is C13H20ClNO2. The fraction of sp³-hybridized carbons (Fsp3) is 0.308. The van der Waals surface area contributed by atoms with Gasteiger partial charge in [0.05, 0.1) is 0 Å². The first-order chi connectivity index (χ1) is 7.60. The molecule has 0 unspecified atom stereocenters. The van der Waals surface area contributed by atoms with Crippen molar-refractivity contribution >= 4 is 18.4 Å². The molecule has 1 aromatic rings. The maximum atomic E-state index is 9.25. The number of benzene rings is 1. The lowest BCUT2D eigenvalue weighted by molar-refractivity contribution is -0.131. The van der Waals surface area contributed by atoms with E-state index in [1.54, 1.807) is 0 Å². The van der Waals surface area contributed by atoms with Crippen LogP contribution in [-0.4, -0.2) is 24.2 Å². The van der Waals surface area contributed by atoms with Gasteiger partial charge in [0.15, 0.2) is 0 Å². The molecule has 4 heteroatoms. The van der Waals surface area contributed by atoms with E-state index < -0.39 is 5.97 Å². The van der Waals surface area contributed by atoms with Crippen LogP contribution in [0.3, 0.4) is 0 Å². The predicted molar refractivity (Wildman–Crippen MR) is 73.7 cm³/mol. The number of carboxylic acids is 1. The van der Waals surface area contributed by atoms with Gasteiger partial charge in [0.1, 0.15) is 0 Å². The van der Waals surface area contributed by atoms with E-state index in [2.05, 4.69) is 43.1 Å². The average molecular weight is 258 g/mol. The van der Waals surface area contributed by atoms with Crippen LogP contribution >= 0.6 is 12.4 Å². The van der Waals surface area contributed by atoms with Crippen molar-refractivity contribution in [2.45, 2.75) is 19.4 Å². The first-order valence-corrected chi connectivity index (χ1v) is 5.16. The summed E-state index contributed by atoms with van der Waals surface area (Å²) < 4.78 is 0. The number of likely N-dealkylation sites (N-methyl/N-ethyl adjacent to an activating group) is 1. The van der Waals surface area contributed by atoms with Crippen LogP contribution < -0.4 is 5.32 Å². The van der Waals surface area contributed by atoms with Crippen LogP contribution in [0.15, 0.2) is 43.0 Å². The van der Waals surface area contributed by atoms with Crippen LogP contribution in [-0.2, 0) is 11.2 Å². The Morgan fingerprint density at radius 3 is 2.29 bits per heavy atom. The fourth-order valence-corrected chi connectivity index (χ4v) is 1.07. The molecule has 17 heavy (non-hydrogen) atoms. The number of halogens is 1. The summed E-state index contributed by atoms with van der Waals surface area (Å²) in [6.45, 7) is 5.15. The molecule has 1 aromatic carbocycles. The van der Waals surface area contributed by atoms with Gasteiger partial charge in [0.2, 0.25) is 0 Å². The van der Waals surface area contributed by atoms with E-state index in [1.807, 2.05) is 13.1 Å². The number of hydrogen-bond donors (Lipinski definition) is 2. The second-order valence-corrected chi connectivity index (χ2v) is 3.42. The minimum atomic E-state index is -0.981. The third kappa shape index (κ3) is 11.0. The van der Waals surface area contributed by atoms with Gasteiger partial charge in [-0.05, 0) is 26.0 Å². The number of nitrogens with one attached hydrogen (secondary N) is 1. The third-order valence-corrected chi connectivity index (χ3v) is 2.05. The second kappa shape index (κ2) is 11.2. The quantitative estimate of drug-likeness (QED) is 0.815. The van der Waals surface area contributed by atoms with Crippen LogP contribution in [0.5, 0.6) is 0 Å². The Hall–Kier alpha value is -1.32. The fourth-order valence-electron chi connectivity index (χ4n) is 1.07. The molecule has 1 atom stereocenters. The second-order valence-electron chi connectivity index (χ2n) is 3.42. The van der Waals surface area contributed by atoms with E-state index in [-0.39, 0.29) is 12.4 Å². The zero-order valence-electron chi connectivity index (χ0n) is 10.2. The summed E-state index contributed by atoms with van der Waals surface area (Å²) in [7, 11) is 1.99. The van der Waals surface area contributed by atoms with Crippen LogP contribution in [0.4, 0.5) is 0 Å². The third-order valence-electron chi connectivity index (χ3n) is 2.05. The molecule has 1 rings (SSSR count). The first kappa shape index (κ1) is 18.1. The zero-order valence-corrected chi connectivity index (χ0v) is 11.0. The van der Waals surface area contributed by atoms with Crippen molar-refractivity contribution in [3.05, 3.63) is 48.6 Å².